The minimum Gasteiger partial charge on any atom is -0.444 e. The first-order valence-corrected chi connectivity index (χ1v) is 15.3. The summed E-state index contributed by atoms with van der Waals surface area (Å²) in [7, 11) is 0. The molecule has 2 aromatic carbocycles. The van der Waals surface area contributed by atoms with E-state index in [0.29, 0.717) is 74.4 Å². The second kappa shape index (κ2) is 12.7. The number of rotatable bonds is 2. The number of nitrogens with one attached hydrogen (secondary N) is 3. The average molecular weight is 641 g/mol. The molecule has 7 amide bonds. The van der Waals surface area contributed by atoms with E-state index in [1.54, 1.807) is 68.1 Å². The van der Waals surface area contributed by atoms with Gasteiger partial charge in [0, 0.05) is 13.1 Å². The number of hydrogen-bond acceptors (Lipinski definition) is 9. The van der Waals surface area contributed by atoms with E-state index in [1.165, 1.54) is 6.07 Å². The van der Waals surface area contributed by atoms with Crippen molar-refractivity contribution in [1.29, 1.82) is 10.5 Å². The lowest BCUT2D eigenvalue weighted by molar-refractivity contribution is -0.124. The highest BCUT2D eigenvalue weighted by Crippen LogP contribution is 2.34. The van der Waals surface area contributed by atoms with Gasteiger partial charge in [-0.05, 0) is 95.9 Å². The predicted molar refractivity (Wildman–Crippen MR) is 169 cm³/mol. The van der Waals surface area contributed by atoms with Crippen LogP contribution in [0.15, 0.2) is 48.5 Å². The Hall–Kier alpha value is -5.47. The summed E-state index contributed by atoms with van der Waals surface area (Å²) in [6.45, 7) is 7.43. The largest absolute Gasteiger partial charge is 0.444 e. The topological polar surface area (TPSA) is 188 Å². The molecule has 2 spiro atoms. The van der Waals surface area contributed by atoms with E-state index >= 15 is 0 Å². The molecule has 4 fully saturated rings. The quantitative estimate of drug-likeness (QED) is 0.415. The minimum atomic E-state index is -1.03. The van der Waals surface area contributed by atoms with Crippen molar-refractivity contribution in [3.8, 4) is 12.1 Å². The highest BCUT2D eigenvalue weighted by Gasteiger charge is 2.54. The Morgan fingerprint density at radius 2 is 1.21 bits per heavy atom. The molecular formula is C33H36N8O6. The summed E-state index contributed by atoms with van der Waals surface area (Å²) in [6.07, 6.45) is 1.38. The molecule has 4 aliphatic heterocycles. The lowest BCUT2D eigenvalue weighted by Gasteiger charge is -2.37. The average Bonchev–Trinajstić information content (AvgIpc) is 3.43. The van der Waals surface area contributed by atoms with Gasteiger partial charge in [0.05, 0.1) is 34.6 Å². The van der Waals surface area contributed by atoms with Crippen molar-refractivity contribution in [2.75, 3.05) is 36.0 Å². The molecular weight excluding hydrogens is 604 g/mol. The van der Waals surface area contributed by atoms with Gasteiger partial charge < -0.3 is 25.6 Å². The smallest absolute Gasteiger partial charge is 0.410 e. The van der Waals surface area contributed by atoms with E-state index in [-0.39, 0.29) is 11.8 Å². The van der Waals surface area contributed by atoms with Crippen LogP contribution in [0.5, 0.6) is 0 Å². The molecule has 0 atom stereocenters. The lowest BCUT2D eigenvalue weighted by atomic mass is 9.87. The fourth-order valence-electron chi connectivity index (χ4n) is 6.07. The van der Waals surface area contributed by atoms with Crippen LogP contribution in [-0.4, -0.2) is 77.7 Å². The van der Waals surface area contributed by atoms with Crippen LogP contribution < -0.4 is 25.8 Å². The van der Waals surface area contributed by atoms with Crippen molar-refractivity contribution < 1.29 is 28.7 Å². The summed E-state index contributed by atoms with van der Waals surface area (Å²) in [5, 5.41) is 26.7. The van der Waals surface area contributed by atoms with Crippen molar-refractivity contribution in [3.05, 3.63) is 59.7 Å². The van der Waals surface area contributed by atoms with Gasteiger partial charge >= 0.3 is 18.2 Å². The van der Waals surface area contributed by atoms with E-state index < -0.39 is 34.8 Å². The Kier molecular flexibility index (Phi) is 8.91. The molecule has 0 unspecified atom stereocenters. The van der Waals surface area contributed by atoms with Crippen LogP contribution in [0.4, 0.5) is 25.8 Å². The van der Waals surface area contributed by atoms with E-state index in [0.717, 1.165) is 9.80 Å². The van der Waals surface area contributed by atoms with Crippen LogP contribution in [0.2, 0.25) is 0 Å². The molecule has 4 heterocycles. The van der Waals surface area contributed by atoms with Gasteiger partial charge in [-0.25, -0.2) is 24.2 Å². The maximum Gasteiger partial charge on any atom is 0.410 e. The molecule has 4 aliphatic rings. The Labute approximate surface area is 272 Å². The van der Waals surface area contributed by atoms with Gasteiger partial charge in [-0.15, -0.1) is 0 Å². The fraction of sp³-hybridized carbons (Fsp3) is 0.424. The maximum atomic E-state index is 13.0. The first-order valence-electron chi connectivity index (χ1n) is 15.3. The molecule has 14 heteroatoms. The Balaban J connectivity index is 0.000000193. The number of hydrogen-bond donors (Lipinski definition) is 3. The zero-order chi connectivity index (χ0) is 34.0. The maximum absolute atomic E-state index is 13.0. The number of anilines is 2. The third-order valence-corrected chi connectivity index (χ3v) is 8.52. The molecule has 6 rings (SSSR count). The molecule has 2 aromatic rings. The highest BCUT2D eigenvalue weighted by atomic mass is 16.6. The SMILES string of the molecule is CC(C)(C)OC(=O)N1CCC2(CC1)NC(=O)N(c1cccc(C#N)c1)C2=O.N#Cc1cccc(N2C(=O)NC3(CCNCC3)C2=O)c1. The number of amides is 7. The summed E-state index contributed by atoms with van der Waals surface area (Å²) in [4.78, 5) is 66.2. The van der Waals surface area contributed by atoms with Gasteiger partial charge in [-0.1, -0.05) is 12.1 Å². The number of piperidine rings is 2. The molecule has 4 saturated heterocycles. The van der Waals surface area contributed by atoms with E-state index in [9.17, 15) is 24.0 Å². The molecule has 3 N–H and O–H groups in total. The number of urea groups is 2. The molecule has 0 aliphatic carbocycles. The molecule has 244 valence electrons. The van der Waals surface area contributed by atoms with Gasteiger partial charge in [0.1, 0.15) is 16.7 Å². The number of benzene rings is 2. The van der Waals surface area contributed by atoms with Gasteiger partial charge in [0.25, 0.3) is 11.8 Å². The van der Waals surface area contributed by atoms with Crippen molar-refractivity contribution >= 4 is 41.3 Å². The predicted octanol–water partition coefficient (Wildman–Crippen LogP) is 3.12. The fourth-order valence-corrected chi connectivity index (χ4v) is 6.07. The lowest BCUT2D eigenvalue weighted by Crippen LogP contribution is -2.56. The molecule has 0 aromatic heterocycles. The van der Waals surface area contributed by atoms with Crippen molar-refractivity contribution in [2.45, 2.75) is 63.1 Å². The summed E-state index contributed by atoms with van der Waals surface area (Å²) in [5.41, 5.74) is -0.803. The third kappa shape index (κ3) is 6.59. The van der Waals surface area contributed by atoms with Crippen molar-refractivity contribution in [1.82, 2.24) is 20.9 Å². The number of imide groups is 2. The number of carbonyl (C=O) groups is 5. The number of carbonyl (C=O) groups excluding carboxylic acids is 5. The second-order valence-electron chi connectivity index (χ2n) is 12.8. The molecule has 14 nitrogen and oxygen atoms in total. The van der Waals surface area contributed by atoms with E-state index in [4.69, 9.17) is 15.3 Å². The number of nitriles is 2. The van der Waals surface area contributed by atoms with Gasteiger partial charge in [-0.2, -0.15) is 10.5 Å². The van der Waals surface area contributed by atoms with Crippen LogP contribution >= 0.6 is 0 Å². The summed E-state index contributed by atoms with van der Waals surface area (Å²) >= 11 is 0. The minimum absolute atomic E-state index is 0.223. The zero-order valence-electron chi connectivity index (χ0n) is 26.5. The first-order chi connectivity index (χ1) is 22.3. The van der Waals surface area contributed by atoms with Crippen molar-refractivity contribution in [2.24, 2.45) is 0 Å². The van der Waals surface area contributed by atoms with Gasteiger partial charge in [-0.3, -0.25) is 9.59 Å². The van der Waals surface area contributed by atoms with Gasteiger partial charge in [0.15, 0.2) is 0 Å². The normalized spacial score (nSPS) is 19.8. The molecule has 0 saturated carbocycles. The zero-order valence-corrected chi connectivity index (χ0v) is 26.5. The highest BCUT2D eigenvalue weighted by molar-refractivity contribution is 6.24. The third-order valence-electron chi connectivity index (χ3n) is 8.52. The van der Waals surface area contributed by atoms with Crippen molar-refractivity contribution in [3.63, 3.8) is 0 Å². The Bertz CT molecular complexity index is 1690. The van der Waals surface area contributed by atoms with Crippen LogP contribution in [-0.2, 0) is 14.3 Å². The molecule has 47 heavy (non-hydrogen) atoms. The molecule has 0 bridgehead atoms. The molecule has 0 radical (unpaired) electrons. The summed E-state index contributed by atoms with van der Waals surface area (Å²) in [6, 6.07) is 16.0. The van der Waals surface area contributed by atoms with Gasteiger partial charge in [0.2, 0.25) is 0 Å². The van der Waals surface area contributed by atoms with Crippen LogP contribution in [0.3, 0.4) is 0 Å². The van der Waals surface area contributed by atoms with Crippen LogP contribution in [0, 0.1) is 22.7 Å². The first kappa shape index (κ1) is 32.9. The Morgan fingerprint density at radius 1 is 0.766 bits per heavy atom. The summed E-state index contributed by atoms with van der Waals surface area (Å²) in [5.74, 6) is -0.578. The van der Waals surface area contributed by atoms with E-state index in [1.807, 2.05) is 12.1 Å². The standard InChI is InChI=1S/C19H22N4O4.C14H14N4O2/c1-18(2,3)27-17(26)22-9-7-19(8-10-22)15(24)23(16(25)21-19)14-6-4-5-13(11-14)12-20;15-9-10-2-1-3-11(8-10)18-12(19)14(17-13(18)20)4-6-16-7-5-14/h4-6,11H,7-10H2,1-3H3,(H,21,25);1-3,8,16H,4-7H2,(H,17,20). The number of ether oxygens (including phenoxy) is 1. The number of likely N-dealkylation sites (tertiary alicyclic amines) is 1. The van der Waals surface area contributed by atoms with Crippen LogP contribution in [0.25, 0.3) is 0 Å². The summed E-state index contributed by atoms with van der Waals surface area (Å²) < 4.78 is 5.37. The Morgan fingerprint density at radius 3 is 1.64 bits per heavy atom. The van der Waals surface area contributed by atoms with E-state index in [2.05, 4.69) is 16.0 Å². The number of nitrogens with zero attached hydrogens (tertiary/aromatic N) is 5. The monoisotopic (exact) mass is 640 g/mol. The second-order valence-corrected chi connectivity index (χ2v) is 12.8. The van der Waals surface area contributed by atoms with Crippen LogP contribution in [0.1, 0.15) is 57.6 Å².